The molecular formula is C25H28BrF3N6O. The van der Waals surface area contributed by atoms with Crippen molar-refractivity contribution in [3.63, 3.8) is 0 Å². The van der Waals surface area contributed by atoms with Gasteiger partial charge in [0.05, 0.1) is 10.4 Å². The molecule has 2 aliphatic rings. The summed E-state index contributed by atoms with van der Waals surface area (Å²) in [5, 5.41) is 3.99. The maximum atomic E-state index is 13.4. The molecule has 0 amide bonds. The number of aromatic nitrogens is 3. The Labute approximate surface area is 215 Å². The first-order valence-corrected chi connectivity index (χ1v) is 12.9. The van der Waals surface area contributed by atoms with Crippen molar-refractivity contribution in [3.05, 3.63) is 50.9 Å². The molecule has 1 aliphatic heterocycles. The Balaban J connectivity index is 1.40. The molecule has 36 heavy (non-hydrogen) atoms. The summed E-state index contributed by atoms with van der Waals surface area (Å²) in [4.78, 5) is 24.0. The third kappa shape index (κ3) is 4.58. The molecule has 2 atom stereocenters. The Hall–Kier alpha value is -2.66. The molecule has 2 unspecified atom stereocenters. The molecule has 11 heteroatoms. The third-order valence-electron chi connectivity index (χ3n) is 7.48. The van der Waals surface area contributed by atoms with E-state index < -0.39 is 18.0 Å². The van der Waals surface area contributed by atoms with Gasteiger partial charge in [-0.3, -0.25) is 9.36 Å². The lowest BCUT2D eigenvalue weighted by molar-refractivity contribution is -0.177. The van der Waals surface area contributed by atoms with Gasteiger partial charge in [-0.1, -0.05) is 12.8 Å². The predicted molar refractivity (Wildman–Crippen MR) is 138 cm³/mol. The van der Waals surface area contributed by atoms with Gasteiger partial charge in [-0.2, -0.15) is 18.2 Å². The standard InChI is InChI=1S/C25H28BrF3N6O/c1-14-19-11-31-24(33-22(19)35(23(36)21(14)26)18-4-2-3-5-18)32-16-6-8-17(9-7-16)34-12-15(10-30)20(13-34)25(27,28)29/h6-9,11,15,18,20H,2-5,10,12-13,30H2,1H3,(H,31,32,33). The Morgan fingerprint density at radius 2 is 1.86 bits per heavy atom. The van der Waals surface area contributed by atoms with Crippen LogP contribution in [0.3, 0.4) is 0 Å². The summed E-state index contributed by atoms with van der Waals surface area (Å²) in [6, 6.07) is 7.25. The Bertz CT molecular complexity index is 1320. The van der Waals surface area contributed by atoms with Crippen molar-refractivity contribution >= 4 is 44.3 Å². The average Bonchev–Trinajstić information content (AvgIpc) is 3.54. The molecule has 3 N–H and O–H groups in total. The Kier molecular flexibility index (Phi) is 6.71. The number of fused-ring (bicyclic) bond motifs is 1. The average molecular weight is 565 g/mol. The van der Waals surface area contributed by atoms with Gasteiger partial charge in [0, 0.05) is 48.0 Å². The predicted octanol–water partition coefficient (Wildman–Crippen LogP) is 5.29. The van der Waals surface area contributed by atoms with Crippen LogP contribution in [0, 0.1) is 18.8 Å². The SMILES string of the molecule is Cc1c(Br)c(=O)n(C2CCCC2)c2nc(Nc3ccc(N4CC(CN)C(C(F)(F)F)C4)cc3)ncc12. The molecule has 3 aromatic rings. The second kappa shape index (κ2) is 9.66. The van der Waals surface area contributed by atoms with Crippen LogP contribution in [-0.2, 0) is 0 Å². The van der Waals surface area contributed by atoms with Crippen LogP contribution in [0.1, 0.15) is 37.3 Å². The van der Waals surface area contributed by atoms with Crippen molar-refractivity contribution in [1.29, 1.82) is 0 Å². The fourth-order valence-electron chi connectivity index (χ4n) is 5.44. The molecule has 0 radical (unpaired) electrons. The number of nitrogens with two attached hydrogens (primary N) is 1. The van der Waals surface area contributed by atoms with Gasteiger partial charge >= 0.3 is 6.18 Å². The van der Waals surface area contributed by atoms with Crippen molar-refractivity contribution in [2.24, 2.45) is 17.6 Å². The van der Waals surface area contributed by atoms with Crippen LogP contribution in [0.5, 0.6) is 0 Å². The topological polar surface area (TPSA) is 89.1 Å². The number of pyridine rings is 1. The lowest BCUT2D eigenvalue weighted by atomic mass is 9.96. The van der Waals surface area contributed by atoms with Gasteiger partial charge in [-0.15, -0.1) is 0 Å². The Morgan fingerprint density at radius 1 is 1.17 bits per heavy atom. The number of hydrogen-bond donors (Lipinski definition) is 2. The van der Waals surface area contributed by atoms with Gasteiger partial charge in [-0.25, -0.2) is 4.98 Å². The minimum Gasteiger partial charge on any atom is -0.371 e. The summed E-state index contributed by atoms with van der Waals surface area (Å²) in [6.45, 7) is 2.05. The Morgan fingerprint density at radius 3 is 2.47 bits per heavy atom. The van der Waals surface area contributed by atoms with Crippen LogP contribution in [-0.4, -0.2) is 40.3 Å². The highest BCUT2D eigenvalue weighted by atomic mass is 79.9. The molecule has 2 fully saturated rings. The van der Waals surface area contributed by atoms with Crippen LogP contribution in [0.2, 0.25) is 0 Å². The van der Waals surface area contributed by atoms with E-state index in [9.17, 15) is 18.0 Å². The molecular weight excluding hydrogens is 537 g/mol. The van der Waals surface area contributed by atoms with Crippen LogP contribution >= 0.6 is 15.9 Å². The zero-order valence-electron chi connectivity index (χ0n) is 19.9. The van der Waals surface area contributed by atoms with Crippen LogP contribution in [0.25, 0.3) is 11.0 Å². The first-order chi connectivity index (χ1) is 17.2. The summed E-state index contributed by atoms with van der Waals surface area (Å²) in [7, 11) is 0. The molecule has 7 nitrogen and oxygen atoms in total. The van der Waals surface area contributed by atoms with Crippen molar-refractivity contribution in [1.82, 2.24) is 14.5 Å². The number of alkyl halides is 3. The largest absolute Gasteiger partial charge is 0.393 e. The summed E-state index contributed by atoms with van der Waals surface area (Å²) >= 11 is 3.45. The molecule has 192 valence electrons. The monoisotopic (exact) mass is 564 g/mol. The molecule has 5 rings (SSSR count). The highest BCUT2D eigenvalue weighted by Crippen LogP contribution is 2.39. The molecule has 0 bridgehead atoms. The van der Waals surface area contributed by atoms with E-state index in [2.05, 4.69) is 26.2 Å². The van der Waals surface area contributed by atoms with Crippen molar-refractivity contribution < 1.29 is 13.2 Å². The number of benzene rings is 1. The number of nitrogens with zero attached hydrogens (tertiary/aromatic N) is 4. The molecule has 1 saturated carbocycles. The van der Waals surface area contributed by atoms with E-state index >= 15 is 0 Å². The van der Waals surface area contributed by atoms with Gasteiger partial charge in [-0.05, 0) is 72.1 Å². The molecule has 0 spiro atoms. The highest BCUT2D eigenvalue weighted by Gasteiger charge is 2.49. The van der Waals surface area contributed by atoms with E-state index in [4.69, 9.17) is 10.7 Å². The fourth-order valence-corrected chi connectivity index (χ4v) is 5.84. The van der Waals surface area contributed by atoms with Gasteiger partial charge in [0.2, 0.25) is 5.95 Å². The second-order valence-corrected chi connectivity index (χ2v) is 10.5. The minimum atomic E-state index is -4.26. The zero-order valence-corrected chi connectivity index (χ0v) is 21.4. The van der Waals surface area contributed by atoms with E-state index in [1.54, 1.807) is 39.9 Å². The number of anilines is 3. The zero-order chi connectivity index (χ0) is 25.6. The summed E-state index contributed by atoms with van der Waals surface area (Å²) < 4.78 is 42.4. The van der Waals surface area contributed by atoms with E-state index in [0.717, 1.165) is 36.6 Å². The third-order valence-corrected chi connectivity index (χ3v) is 8.41. The van der Waals surface area contributed by atoms with Crippen LogP contribution < -0.4 is 21.5 Å². The van der Waals surface area contributed by atoms with Crippen molar-refractivity contribution in [2.75, 3.05) is 29.9 Å². The van der Waals surface area contributed by atoms with Gasteiger partial charge in [0.15, 0.2) is 0 Å². The van der Waals surface area contributed by atoms with Gasteiger partial charge in [0.25, 0.3) is 5.56 Å². The van der Waals surface area contributed by atoms with Gasteiger partial charge in [0.1, 0.15) is 5.65 Å². The van der Waals surface area contributed by atoms with Crippen molar-refractivity contribution in [2.45, 2.75) is 44.8 Å². The molecule has 3 heterocycles. The first-order valence-electron chi connectivity index (χ1n) is 12.1. The molecule has 2 aromatic heterocycles. The minimum absolute atomic E-state index is 0.00158. The quantitative estimate of drug-likeness (QED) is 0.437. The lowest BCUT2D eigenvalue weighted by Gasteiger charge is -2.20. The first kappa shape index (κ1) is 25.0. The molecule has 1 saturated heterocycles. The summed E-state index contributed by atoms with van der Waals surface area (Å²) in [6.07, 6.45) is 1.50. The van der Waals surface area contributed by atoms with Crippen LogP contribution in [0.4, 0.5) is 30.5 Å². The molecule has 1 aromatic carbocycles. The lowest BCUT2D eigenvalue weighted by Crippen LogP contribution is -2.33. The van der Waals surface area contributed by atoms with Crippen LogP contribution in [0.15, 0.2) is 39.7 Å². The number of aryl methyl sites for hydroxylation is 1. The maximum absolute atomic E-state index is 13.4. The van der Waals surface area contributed by atoms with E-state index in [1.807, 2.05) is 6.92 Å². The number of rotatable bonds is 5. The van der Waals surface area contributed by atoms with Gasteiger partial charge < -0.3 is 16.0 Å². The van der Waals surface area contributed by atoms with E-state index in [0.29, 0.717) is 27.4 Å². The number of hydrogen-bond acceptors (Lipinski definition) is 6. The second-order valence-electron chi connectivity index (χ2n) is 9.70. The normalized spacial score (nSPS) is 21.0. The maximum Gasteiger partial charge on any atom is 0.393 e. The summed E-state index contributed by atoms with van der Waals surface area (Å²) in [5.74, 6) is -1.69. The summed E-state index contributed by atoms with van der Waals surface area (Å²) in [5.41, 5.74) is 8.34. The number of halogens is 4. The fraction of sp³-hybridized carbons (Fsp3) is 0.480. The van der Waals surface area contributed by atoms with E-state index in [1.165, 1.54) is 0 Å². The van der Waals surface area contributed by atoms with E-state index in [-0.39, 0.29) is 31.2 Å². The smallest absolute Gasteiger partial charge is 0.371 e. The highest BCUT2D eigenvalue weighted by molar-refractivity contribution is 9.10. The van der Waals surface area contributed by atoms with Crippen molar-refractivity contribution in [3.8, 4) is 0 Å². The molecule has 1 aliphatic carbocycles. The number of nitrogens with one attached hydrogen (secondary N) is 1.